The van der Waals surface area contributed by atoms with Gasteiger partial charge in [-0.3, -0.25) is 9.59 Å². The van der Waals surface area contributed by atoms with E-state index in [9.17, 15) is 14.7 Å². The number of hydrogen-bond acceptors (Lipinski definition) is 4. The fraction of sp³-hybridized carbons (Fsp3) is 0.389. The Hall–Kier alpha value is -2.26. The predicted molar refractivity (Wildman–Crippen MR) is 91.4 cm³/mol. The summed E-state index contributed by atoms with van der Waals surface area (Å²) < 4.78 is 0. The summed E-state index contributed by atoms with van der Waals surface area (Å²) in [5.74, 6) is -2.34. The zero-order valence-electron chi connectivity index (χ0n) is 13.4. The summed E-state index contributed by atoms with van der Waals surface area (Å²) in [6.07, 6.45) is 4.64. The Balaban J connectivity index is 1.84. The van der Waals surface area contributed by atoms with Gasteiger partial charge in [0.25, 0.3) is 0 Å². The Bertz CT molecular complexity index is 758. The molecule has 24 heavy (non-hydrogen) atoms. The topological polar surface area (TPSA) is 90.2 Å². The van der Waals surface area contributed by atoms with E-state index in [1.807, 2.05) is 43.5 Å². The number of aliphatic carboxylic acids is 1. The van der Waals surface area contributed by atoms with Crippen LogP contribution in [0.1, 0.15) is 17.5 Å². The van der Waals surface area contributed by atoms with Gasteiger partial charge in [-0.2, -0.15) is 5.26 Å². The maximum absolute atomic E-state index is 12.8. The molecule has 0 unspecified atom stereocenters. The van der Waals surface area contributed by atoms with Crippen molar-refractivity contribution in [3.8, 4) is 5.40 Å². The molecule has 0 aromatic heterocycles. The van der Waals surface area contributed by atoms with Crippen molar-refractivity contribution in [2.45, 2.75) is 25.2 Å². The highest BCUT2D eigenvalue weighted by Gasteiger charge is 2.51. The first-order valence-electron chi connectivity index (χ1n) is 7.81. The van der Waals surface area contributed by atoms with Crippen LogP contribution in [0.2, 0.25) is 0 Å². The number of thioether (sulfide) groups is 1. The number of carboxylic acid groups (broad SMARTS) is 1. The summed E-state index contributed by atoms with van der Waals surface area (Å²) in [6, 6.07) is 3.71. The van der Waals surface area contributed by atoms with Gasteiger partial charge in [-0.05, 0) is 67.1 Å². The van der Waals surface area contributed by atoms with E-state index in [1.54, 1.807) is 0 Å². The van der Waals surface area contributed by atoms with Crippen LogP contribution in [0.15, 0.2) is 29.2 Å². The van der Waals surface area contributed by atoms with Crippen LogP contribution in [0.25, 0.3) is 0 Å². The summed E-state index contributed by atoms with van der Waals surface area (Å²) in [6.45, 7) is 3.75. The number of fused-ring (bicyclic) bond motifs is 2. The molecular weight excluding hydrogens is 324 g/mol. The molecule has 2 aliphatic carbocycles. The minimum Gasteiger partial charge on any atom is -0.481 e. The van der Waals surface area contributed by atoms with Crippen molar-refractivity contribution in [1.82, 2.24) is 0 Å². The molecule has 6 heteroatoms. The smallest absolute Gasteiger partial charge is 0.307 e. The Morgan fingerprint density at radius 3 is 2.33 bits per heavy atom. The van der Waals surface area contributed by atoms with Gasteiger partial charge in [-0.1, -0.05) is 12.2 Å². The number of aryl methyl sites for hydroxylation is 2. The Morgan fingerprint density at radius 2 is 1.79 bits per heavy atom. The number of carbonyl (C=O) groups is 2. The van der Waals surface area contributed by atoms with Gasteiger partial charge in [0.05, 0.1) is 11.8 Å². The fourth-order valence-corrected chi connectivity index (χ4v) is 4.53. The molecule has 1 amide bonds. The number of allylic oxidation sites excluding steroid dienone is 2. The average molecular weight is 342 g/mol. The highest BCUT2D eigenvalue weighted by atomic mass is 32.2. The molecule has 0 aliphatic heterocycles. The molecule has 1 aromatic carbocycles. The van der Waals surface area contributed by atoms with Gasteiger partial charge in [0.15, 0.2) is 0 Å². The van der Waals surface area contributed by atoms with Gasteiger partial charge < -0.3 is 10.4 Å². The van der Waals surface area contributed by atoms with Gasteiger partial charge in [0, 0.05) is 10.6 Å². The second kappa shape index (κ2) is 6.33. The molecule has 3 rings (SSSR count). The highest BCUT2D eigenvalue weighted by molar-refractivity contribution is 8.03. The first-order chi connectivity index (χ1) is 11.4. The van der Waals surface area contributed by atoms with Crippen molar-refractivity contribution in [1.29, 1.82) is 5.26 Å². The molecule has 5 nitrogen and oxygen atoms in total. The molecule has 1 aromatic rings. The third-order valence-electron chi connectivity index (χ3n) is 4.97. The second-order valence-corrected chi connectivity index (χ2v) is 7.31. The molecule has 0 heterocycles. The lowest BCUT2D eigenvalue weighted by Crippen LogP contribution is -2.36. The zero-order chi connectivity index (χ0) is 17.4. The van der Waals surface area contributed by atoms with Crippen LogP contribution >= 0.6 is 11.8 Å². The standard InChI is InChI=1S/C18H18N2O3S/c1-9-5-13(24-8-19)6-10(2)16(9)20-17(21)14-11-3-4-12(7-11)15(14)18(22)23/h3-6,11-12,14-15H,7H2,1-2H3,(H,20,21)(H,22,23)/t11-,12-,14+,15-/m0/s1. The molecule has 2 N–H and O–H groups in total. The lowest BCUT2D eigenvalue weighted by atomic mass is 9.82. The van der Waals surface area contributed by atoms with Crippen molar-refractivity contribution in [2.75, 3.05) is 5.32 Å². The Labute approximate surface area is 144 Å². The number of nitrogens with zero attached hydrogens (tertiary/aromatic N) is 1. The maximum atomic E-state index is 12.8. The van der Waals surface area contributed by atoms with E-state index in [0.717, 1.165) is 34.2 Å². The van der Waals surface area contributed by atoms with E-state index >= 15 is 0 Å². The lowest BCUT2D eigenvalue weighted by molar-refractivity contribution is -0.146. The number of anilines is 1. The van der Waals surface area contributed by atoms with Gasteiger partial charge in [0.1, 0.15) is 5.40 Å². The third-order valence-corrected chi connectivity index (χ3v) is 5.53. The first-order valence-corrected chi connectivity index (χ1v) is 8.63. The molecule has 2 bridgehead atoms. The molecule has 124 valence electrons. The molecule has 1 saturated carbocycles. The van der Waals surface area contributed by atoms with Crippen LogP contribution in [0, 0.1) is 48.2 Å². The SMILES string of the molecule is Cc1cc(SC#N)cc(C)c1NC(=O)[C@H]1[C@@H](C(=O)O)[C@H]2C=C[C@H]1C2. The van der Waals surface area contributed by atoms with E-state index in [2.05, 4.69) is 5.32 Å². The minimum atomic E-state index is -0.902. The molecule has 1 fully saturated rings. The Morgan fingerprint density at radius 1 is 1.21 bits per heavy atom. The molecular formula is C18H18N2O3S. The van der Waals surface area contributed by atoms with Crippen molar-refractivity contribution in [3.63, 3.8) is 0 Å². The number of amides is 1. The van der Waals surface area contributed by atoms with E-state index in [1.165, 1.54) is 0 Å². The van der Waals surface area contributed by atoms with Gasteiger partial charge in [-0.25, -0.2) is 0 Å². The number of carbonyl (C=O) groups excluding carboxylic acids is 1. The third kappa shape index (κ3) is 2.80. The number of benzene rings is 1. The number of carboxylic acids is 1. The zero-order valence-corrected chi connectivity index (χ0v) is 14.3. The molecule has 4 atom stereocenters. The fourth-order valence-electron chi connectivity index (χ4n) is 3.96. The van der Waals surface area contributed by atoms with Crippen molar-refractivity contribution in [2.24, 2.45) is 23.7 Å². The van der Waals surface area contributed by atoms with Gasteiger partial charge >= 0.3 is 5.97 Å². The van der Waals surface area contributed by atoms with E-state index in [0.29, 0.717) is 5.69 Å². The summed E-state index contributed by atoms with van der Waals surface area (Å²) in [5, 5.41) is 23.2. The molecule has 2 aliphatic rings. The largest absolute Gasteiger partial charge is 0.481 e. The number of rotatable bonds is 4. The van der Waals surface area contributed by atoms with Crippen molar-refractivity contribution >= 4 is 29.3 Å². The number of nitriles is 1. The van der Waals surface area contributed by atoms with Crippen LogP contribution in [0.3, 0.4) is 0 Å². The predicted octanol–water partition coefficient (Wildman–Crippen LogP) is 3.34. The highest BCUT2D eigenvalue weighted by Crippen LogP contribution is 2.48. The van der Waals surface area contributed by atoms with Crippen LogP contribution in [-0.2, 0) is 9.59 Å². The lowest BCUT2D eigenvalue weighted by Gasteiger charge is -2.24. The van der Waals surface area contributed by atoms with E-state index in [-0.39, 0.29) is 17.7 Å². The van der Waals surface area contributed by atoms with E-state index in [4.69, 9.17) is 5.26 Å². The normalized spacial score (nSPS) is 27.0. The monoisotopic (exact) mass is 342 g/mol. The minimum absolute atomic E-state index is 0.00475. The number of hydrogen-bond donors (Lipinski definition) is 2. The van der Waals surface area contributed by atoms with Crippen LogP contribution in [0.4, 0.5) is 5.69 Å². The summed E-state index contributed by atoms with van der Waals surface area (Å²) in [5.41, 5.74) is 2.44. The van der Waals surface area contributed by atoms with Crippen molar-refractivity contribution < 1.29 is 14.7 Å². The first kappa shape index (κ1) is 16.6. The van der Waals surface area contributed by atoms with Gasteiger partial charge in [-0.15, -0.1) is 0 Å². The summed E-state index contributed by atoms with van der Waals surface area (Å²) in [7, 11) is 0. The molecule has 0 saturated heterocycles. The van der Waals surface area contributed by atoms with Gasteiger partial charge in [0.2, 0.25) is 5.91 Å². The maximum Gasteiger partial charge on any atom is 0.307 e. The quantitative estimate of drug-likeness (QED) is 0.497. The van der Waals surface area contributed by atoms with Crippen molar-refractivity contribution in [3.05, 3.63) is 35.4 Å². The second-order valence-electron chi connectivity index (χ2n) is 6.45. The Kier molecular flexibility index (Phi) is 4.37. The van der Waals surface area contributed by atoms with Crippen LogP contribution < -0.4 is 5.32 Å². The molecule has 0 spiro atoms. The average Bonchev–Trinajstić information content (AvgIpc) is 3.11. The molecule has 0 radical (unpaired) electrons. The van der Waals surface area contributed by atoms with E-state index < -0.39 is 17.8 Å². The number of nitrogens with one attached hydrogen (secondary N) is 1. The number of thiocyanates is 1. The van der Waals surface area contributed by atoms with Crippen LogP contribution in [-0.4, -0.2) is 17.0 Å². The summed E-state index contributed by atoms with van der Waals surface area (Å²) >= 11 is 1.08. The van der Waals surface area contributed by atoms with Crippen LogP contribution in [0.5, 0.6) is 0 Å². The summed E-state index contributed by atoms with van der Waals surface area (Å²) in [4.78, 5) is 25.2.